The number of nitrogens with zero attached hydrogens (tertiary/aromatic N) is 2. The van der Waals surface area contributed by atoms with Crippen molar-refractivity contribution in [1.29, 1.82) is 0 Å². The molecular formula is C44H80N2O2. The van der Waals surface area contributed by atoms with Crippen LogP contribution in [0.4, 0.5) is 4.79 Å². The molecule has 0 radical (unpaired) electrons. The lowest BCUT2D eigenvalue weighted by Crippen LogP contribution is -2.33. The van der Waals surface area contributed by atoms with E-state index in [9.17, 15) is 4.79 Å². The van der Waals surface area contributed by atoms with E-state index in [4.69, 9.17) is 4.74 Å². The SMILES string of the molecule is CCCCCC#CCC=CCCCCCCCCC(CCCCCCCCC=CCC=CCCCCC)OC(=O)N(C)CCCN(C)C. The molecule has 0 saturated heterocycles. The molecule has 4 nitrogen and oxygen atoms in total. The fourth-order valence-electron chi connectivity index (χ4n) is 5.80. The first-order valence-electron chi connectivity index (χ1n) is 20.5. The van der Waals surface area contributed by atoms with Gasteiger partial charge >= 0.3 is 6.09 Å². The lowest BCUT2D eigenvalue weighted by atomic mass is 10.0. The second-order valence-electron chi connectivity index (χ2n) is 14.1. The van der Waals surface area contributed by atoms with Crippen molar-refractivity contribution >= 4 is 6.09 Å². The number of carbonyl (C=O) groups is 1. The predicted octanol–water partition coefficient (Wildman–Crippen LogP) is 13.2. The van der Waals surface area contributed by atoms with E-state index in [2.05, 4.69) is 81.1 Å². The Labute approximate surface area is 300 Å². The lowest BCUT2D eigenvalue weighted by molar-refractivity contribution is 0.0577. The second-order valence-corrected chi connectivity index (χ2v) is 14.1. The number of allylic oxidation sites excluding steroid dienone is 6. The van der Waals surface area contributed by atoms with Gasteiger partial charge in [-0.1, -0.05) is 133 Å². The van der Waals surface area contributed by atoms with Crippen molar-refractivity contribution in [2.45, 2.75) is 193 Å². The summed E-state index contributed by atoms with van der Waals surface area (Å²) in [4.78, 5) is 16.8. The molecule has 0 N–H and O–H groups in total. The fourth-order valence-corrected chi connectivity index (χ4v) is 5.80. The smallest absolute Gasteiger partial charge is 0.409 e. The van der Waals surface area contributed by atoms with Gasteiger partial charge in [-0.2, -0.15) is 0 Å². The van der Waals surface area contributed by atoms with E-state index in [-0.39, 0.29) is 12.2 Å². The maximum Gasteiger partial charge on any atom is 0.409 e. The molecule has 1 amide bonds. The quantitative estimate of drug-likeness (QED) is 0.0396. The minimum Gasteiger partial charge on any atom is -0.446 e. The van der Waals surface area contributed by atoms with Gasteiger partial charge in [0.1, 0.15) is 6.10 Å². The van der Waals surface area contributed by atoms with E-state index in [0.29, 0.717) is 0 Å². The van der Waals surface area contributed by atoms with Crippen molar-refractivity contribution < 1.29 is 9.53 Å². The highest BCUT2D eigenvalue weighted by Crippen LogP contribution is 2.18. The zero-order chi connectivity index (χ0) is 35.2. The van der Waals surface area contributed by atoms with Crippen LogP contribution in [0.25, 0.3) is 0 Å². The van der Waals surface area contributed by atoms with Crippen LogP contribution in [0.1, 0.15) is 187 Å². The van der Waals surface area contributed by atoms with Gasteiger partial charge in [-0.3, -0.25) is 0 Å². The molecule has 0 saturated carbocycles. The standard InChI is InChI=1S/C44H80N2O2/c1-6-8-10-12-14-16-18-20-22-24-26-28-30-32-34-36-39-43(48-44(47)46(5)42-38-41-45(3)4)40-37-35-33-31-29-27-25-23-21-19-17-15-13-11-9-7-2/h14,16,20-23,43H,6-13,18-19,24-42H2,1-5H3. The Morgan fingerprint density at radius 2 is 1.06 bits per heavy atom. The lowest BCUT2D eigenvalue weighted by Gasteiger charge is -2.23. The Kier molecular flexibility index (Phi) is 36.3. The summed E-state index contributed by atoms with van der Waals surface area (Å²) >= 11 is 0. The number of carbonyl (C=O) groups excluding carboxylic acids is 1. The molecule has 278 valence electrons. The molecule has 0 aliphatic heterocycles. The minimum absolute atomic E-state index is 0.0551. The highest BCUT2D eigenvalue weighted by molar-refractivity contribution is 5.67. The molecule has 0 aromatic rings. The molecule has 0 fully saturated rings. The van der Waals surface area contributed by atoms with Gasteiger partial charge in [-0.15, -0.1) is 5.92 Å². The highest BCUT2D eigenvalue weighted by Gasteiger charge is 2.17. The third kappa shape index (κ3) is 35.3. The Morgan fingerprint density at radius 3 is 1.62 bits per heavy atom. The van der Waals surface area contributed by atoms with E-state index < -0.39 is 0 Å². The van der Waals surface area contributed by atoms with Gasteiger partial charge < -0.3 is 14.5 Å². The van der Waals surface area contributed by atoms with Gasteiger partial charge in [0.2, 0.25) is 0 Å². The molecule has 4 heteroatoms. The predicted molar refractivity (Wildman–Crippen MR) is 213 cm³/mol. The van der Waals surface area contributed by atoms with Crippen molar-refractivity contribution in [2.75, 3.05) is 34.2 Å². The van der Waals surface area contributed by atoms with Gasteiger partial charge in [0, 0.05) is 26.4 Å². The monoisotopic (exact) mass is 669 g/mol. The number of rotatable bonds is 33. The summed E-state index contributed by atoms with van der Waals surface area (Å²) in [6.07, 6.45) is 46.3. The topological polar surface area (TPSA) is 32.8 Å². The Bertz CT molecular complexity index is 835. The first-order chi connectivity index (χ1) is 23.5. The maximum atomic E-state index is 12.8. The Morgan fingerprint density at radius 1 is 0.562 bits per heavy atom. The Balaban J connectivity index is 4.18. The van der Waals surface area contributed by atoms with Gasteiger partial charge in [-0.05, 0) is 104 Å². The van der Waals surface area contributed by atoms with E-state index in [1.54, 1.807) is 4.90 Å². The minimum atomic E-state index is -0.144. The summed E-state index contributed by atoms with van der Waals surface area (Å²) in [5.41, 5.74) is 0. The molecule has 0 aliphatic rings. The fraction of sp³-hybridized carbons (Fsp3) is 0.795. The number of hydrogen-bond acceptors (Lipinski definition) is 3. The van der Waals surface area contributed by atoms with Crippen LogP contribution >= 0.6 is 0 Å². The largest absolute Gasteiger partial charge is 0.446 e. The van der Waals surface area contributed by atoms with Crippen LogP contribution in [0.5, 0.6) is 0 Å². The third-order valence-electron chi connectivity index (χ3n) is 8.97. The summed E-state index contributed by atoms with van der Waals surface area (Å²) < 4.78 is 6.06. The van der Waals surface area contributed by atoms with E-state index in [1.807, 2.05) is 7.05 Å². The summed E-state index contributed by atoms with van der Waals surface area (Å²) in [6.45, 7) is 6.23. The second kappa shape index (κ2) is 37.8. The number of hydrogen-bond donors (Lipinski definition) is 0. The molecule has 0 aromatic heterocycles. The molecule has 0 spiro atoms. The van der Waals surface area contributed by atoms with Crippen LogP contribution in [0.15, 0.2) is 36.5 Å². The molecule has 0 heterocycles. The first kappa shape index (κ1) is 46.0. The molecule has 48 heavy (non-hydrogen) atoms. The van der Waals surface area contributed by atoms with Crippen molar-refractivity contribution in [2.24, 2.45) is 0 Å². The van der Waals surface area contributed by atoms with Crippen LogP contribution in [0.3, 0.4) is 0 Å². The Hall–Kier alpha value is -1.99. The van der Waals surface area contributed by atoms with E-state index >= 15 is 0 Å². The maximum absolute atomic E-state index is 12.8. The molecule has 0 aliphatic carbocycles. The molecular weight excluding hydrogens is 588 g/mol. The summed E-state index contributed by atoms with van der Waals surface area (Å²) in [7, 11) is 6.03. The summed E-state index contributed by atoms with van der Waals surface area (Å²) in [5.74, 6) is 6.56. The first-order valence-corrected chi connectivity index (χ1v) is 20.5. The summed E-state index contributed by atoms with van der Waals surface area (Å²) in [6, 6.07) is 0. The molecule has 1 atom stereocenters. The number of amides is 1. The molecule has 0 bridgehead atoms. The van der Waals surface area contributed by atoms with Crippen LogP contribution in [-0.4, -0.2) is 56.2 Å². The number of ether oxygens (including phenoxy) is 1. The van der Waals surface area contributed by atoms with Gasteiger partial charge in [0.05, 0.1) is 0 Å². The average Bonchev–Trinajstić information content (AvgIpc) is 3.07. The van der Waals surface area contributed by atoms with Crippen LogP contribution in [0.2, 0.25) is 0 Å². The van der Waals surface area contributed by atoms with Gasteiger partial charge in [0.15, 0.2) is 0 Å². The average molecular weight is 669 g/mol. The third-order valence-corrected chi connectivity index (χ3v) is 8.97. The van der Waals surface area contributed by atoms with Crippen LogP contribution in [0, 0.1) is 11.8 Å². The zero-order valence-corrected chi connectivity index (χ0v) is 32.8. The van der Waals surface area contributed by atoms with Gasteiger partial charge in [-0.25, -0.2) is 4.79 Å². The molecule has 1 unspecified atom stereocenters. The molecule has 0 rings (SSSR count). The van der Waals surface area contributed by atoms with Crippen molar-refractivity contribution in [3.63, 3.8) is 0 Å². The van der Waals surface area contributed by atoms with Crippen molar-refractivity contribution in [3.8, 4) is 11.8 Å². The van der Waals surface area contributed by atoms with Crippen LogP contribution in [-0.2, 0) is 4.74 Å². The van der Waals surface area contributed by atoms with Gasteiger partial charge in [0.25, 0.3) is 0 Å². The zero-order valence-electron chi connectivity index (χ0n) is 32.8. The van der Waals surface area contributed by atoms with Crippen LogP contribution < -0.4 is 0 Å². The molecule has 0 aromatic carbocycles. The van der Waals surface area contributed by atoms with E-state index in [1.165, 1.54) is 122 Å². The van der Waals surface area contributed by atoms with Crippen molar-refractivity contribution in [3.05, 3.63) is 36.5 Å². The normalized spacial score (nSPS) is 12.4. The highest BCUT2D eigenvalue weighted by atomic mass is 16.6. The van der Waals surface area contributed by atoms with E-state index in [0.717, 1.165) is 64.5 Å². The summed E-state index contributed by atoms with van der Waals surface area (Å²) in [5, 5.41) is 0. The van der Waals surface area contributed by atoms with Crippen molar-refractivity contribution in [1.82, 2.24) is 9.80 Å². The number of unbranched alkanes of at least 4 members (excludes halogenated alkanes) is 18.